The van der Waals surface area contributed by atoms with Crippen LogP contribution in [0.25, 0.3) is 0 Å². The third-order valence-corrected chi connectivity index (χ3v) is 9.13. The molecule has 0 unspecified atom stereocenters. The van der Waals surface area contributed by atoms with Crippen molar-refractivity contribution in [3.63, 3.8) is 0 Å². The number of nitrogens with one attached hydrogen (secondary N) is 1. The largest absolute Gasteiger partial charge is 0.460 e. The van der Waals surface area contributed by atoms with Gasteiger partial charge in [0.1, 0.15) is 17.7 Å². The summed E-state index contributed by atoms with van der Waals surface area (Å²) in [6, 6.07) is 4.92. The van der Waals surface area contributed by atoms with Gasteiger partial charge in [0.15, 0.2) is 0 Å². The first-order chi connectivity index (χ1) is 21.1. The molecular formula is C34H47N3O7. The lowest BCUT2D eigenvalue weighted by Gasteiger charge is -2.37. The molecule has 3 fully saturated rings. The van der Waals surface area contributed by atoms with E-state index in [0.717, 1.165) is 16.8 Å². The Morgan fingerprint density at radius 2 is 1.93 bits per heavy atom. The topological polar surface area (TPSA) is 125 Å². The fraction of sp³-hybridized carbons (Fsp3) is 0.588. The highest BCUT2D eigenvalue weighted by Gasteiger charge is 2.75. The number of carbonyl (C=O) groups excluding carboxylic acids is 4. The Labute approximate surface area is 260 Å². The zero-order valence-corrected chi connectivity index (χ0v) is 26.3. The number of benzene rings is 1. The second kappa shape index (κ2) is 14.5. The highest BCUT2D eigenvalue weighted by Crippen LogP contribution is 2.59. The smallest absolute Gasteiger partial charge is 0.312 e. The van der Waals surface area contributed by atoms with E-state index in [4.69, 9.17) is 9.47 Å². The predicted octanol–water partition coefficient (Wildman–Crippen LogP) is 3.37. The second-order valence-corrected chi connectivity index (χ2v) is 12.2. The van der Waals surface area contributed by atoms with E-state index in [-0.39, 0.29) is 37.4 Å². The summed E-state index contributed by atoms with van der Waals surface area (Å²) in [5, 5.41) is 12.1. The maximum atomic E-state index is 14.7. The van der Waals surface area contributed by atoms with E-state index in [2.05, 4.69) is 18.5 Å². The van der Waals surface area contributed by atoms with Gasteiger partial charge in [0.05, 0.1) is 24.5 Å². The van der Waals surface area contributed by atoms with E-state index >= 15 is 0 Å². The van der Waals surface area contributed by atoms with Crippen molar-refractivity contribution >= 4 is 29.4 Å². The quantitative estimate of drug-likeness (QED) is 0.167. The number of likely N-dealkylation sites (tertiary alicyclic amines) is 1. The summed E-state index contributed by atoms with van der Waals surface area (Å²) in [7, 11) is 0. The van der Waals surface area contributed by atoms with Crippen molar-refractivity contribution in [2.45, 2.75) is 89.6 Å². The minimum absolute atomic E-state index is 0.0497. The molecule has 0 saturated carbocycles. The van der Waals surface area contributed by atoms with Crippen LogP contribution in [0.2, 0.25) is 0 Å². The summed E-state index contributed by atoms with van der Waals surface area (Å²) in [4.78, 5) is 57.9. The lowest BCUT2D eigenvalue weighted by molar-refractivity contribution is -0.159. The molecule has 6 atom stereocenters. The van der Waals surface area contributed by atoms with Crippen LogP contribution >= 0.6 is 0 Å². The number of nitrogens with zero attached hydrogens (tertiary/aromatic N) is 2. The lowest BCUT2D eigenvalue weighted by atomic mass is 9.70. The third-order valence-electron chi connectivity index (χ3n) is 9.13. The molecule has 0 radical (unpaired) electrons. The molecule has 10 nitrogen and oxygen atoms in total. The standard InChI is InChI=1S/C34H47N3O7/c1-6-8-15-26(39)35-21-24(5)43-33(42)27-25-16-17-34(44-25)28(27)31(40)37(19-10-9-11-20-38)30(34)32(41)36(18-7-2)29-22(3)13-12-14-23(29)4/h6-7,12-14,24-25,27-28,30,38H,1-2,8-11,15-21H2,3-5H3,(H,35,39)/t24-,25+,27-,28-,30+,34-/m0/s1. The van der Waals surface area contributed by atoms with Gasteiger partial charge in [-0.05, 0) is 70.4 Å². The number of amides is 3. The van der Waals surface area contributed by atoms with Crippen molar-refractivity contribution in [2.24, 2.45) is 11.8 Å². The number of hydrogen-bond acceptors (Lipinski definition) is 7. The van der Waals surface area contributed by atoms with Crippen LogP contribution in [0.4, 0.5) is 5.69 Å². The van der Waals surface area contributed by atoms with E-state index in [0.29, 0.717) is 51.5 Å². The van der Waals surface area contributed by atoms with Crippen molar-refractivity contribution in [2.75, 3.05) is 31.1 Å². The van der Waals surface area contributed by atoms with E-state index in [1.54, 1.807) is 28.9 Å². The average Bonchev–Trinajstić information content (AvgIpc) is 3.63. The molecule has 0 aromatic heterocycles. The van der Waals surface area contributed by atoms with Crippen molar-refractivity contribution in [3.05, 3.63) is 54.6 Å². The van der Waals surface area contributed by atoms with Crippen LogP contribution in [0.15, 0.2) is 43.5 Å². The van der Waals surface area contributed by atoms with Gasteiger partial charge in [-0.3, -0.25) is 19.2 Å². The number of aliphatic hydroxyl groups excluding tert-OH is 1. The van der Waals surface area contributed by atoms with Gasteiger partial charge in [-0.2, -0.15) is 0 Å². The maximum absolute atomic E-state index is 14.7. The second-order valence-electron chi connectivity index (χ2n) is 12.2. The first kappa shape index (κ1) is 33.4. The minimum Gasteiger partial charge on any atom is -0.460 e. The molecule has 4 rings (SSSR count). The average molecular weight is 610 g/mol. The van der Waals surface area contributed by atoms with Crippen molar-refractivity contribution in [1.82, 2.24) is 10.2 Å². The predicted molar refractivity (Wildman–Crippen MR) is 167 cm³/mol. The van der Waals surface area contributed by atoms with Gasteiger partial charge in [-0.15, -0.1) is 13.2 Å². The van der Waals surface area contributed by atoms with E-state index in [1.807, 2.05) is 32.0 Å². The Bertz CT molecular complexity index is 1250. The highest BCUT2D eigenvalue weighted by atomic mass is 16.6. The molecular weight excluding hydrogens is 562 g/mol. The Morgan fingerprint density at radius 1 is 1.20 bits per heavy atom. The van der Waals surface area contributed by atoms with Gasteiger partial charge in [0.2, 0.25) is 11.8 Å². The van der Waals surface area contributed by atoms with Gasteiger partial charge in [-0.25, -0.2) is 0 Å². The molecule has 10 heteroatoms. The Kier molecular flexibility index (Phi) is 11.0. The summed E-state index contributed by atoms with van der Waals surface area (Å²) in [6.45, 7) is 13.9. The summed E-state index contributed by atoms with van der Waals surface area (Å²) in [5.74, 6) is -2.94. The number of aryl methyl sites for hydroxylation is 2. The van der Waals surface area contributed by atoms with Crippen LogP contribution in [-0.4, -0.2) is 83.8 Å². The highest BCUT2D eigenvalue weighted by molar-refractivity contribution is 6.05. The molecule has 44 heavy (non-hydrogen) atoms. The number of hydrogen-bond donors (Lipinski definition) is 2. The zero-order valence-electron chi connectivity index (χ0n) is 26.3. The number of aliphatic hydroxyl groups is 1. The minimum atomic E-state index is -1.16. The third kappa shape index (κ3) is 6.47. The molecule has 240 valence electrons. The van der Waals surface area contributed by atoms with Crippen LogP contribution in [-0.2, 0) is 28.7 Å². The molecule has 1 aromatic carbocycles. The Balaban J connectivity index is 1.62. The SMILES string of the molecule is C=CCCC(=O)NC[C@H](C)OC(=O)[C@@H]1[C@H]2C(=O)N(CCCCCO)[C@H](C(=O)N(CC=C)c3c(C)cccc3C)[C@]23CC[C@H]1O3. The fourth-order valence-corrected chi connectivity index (χ4v) is 7.21. The zero-order chi connectivity index (χ0) is 32.0. The summed E-state index contributed by atoms with van der Waals surface area (Å²) in [6.07, 6.45) is 5.94. The fourth-order valence-electron chi connectivity index (χ4n) is 7.21. The molecule has 3 saturated heterocycles. The first-order valence-corrected chi connectivity index (χ1v) is 15.8. The summed E-state index contributed by atoms with van der Waals surface area (Å²) < 4.78 is 12.3. The van der Waals surface area contributed by atoms with E-state index < -0.39 is 41.7 Å². The summed E-state index contributed by atoms with van der Waals surface area (Å²) in [5.41, 5.74) is 1.48. The molecule has 0 aliphatic carbocycles. The van der Waals surface area contributed by atoms with Crippen LogP contribution in [0.5, 0.6) is 0 Å². The summed E-state index contributed by atoms with van der Waals surface area (Å²) >= 11 is 0. The molecule has 3 aliphatic heterocycles. The monoisotopic (exact) mass is 609 g/mol. The Hall–Kier alpha value is -3.50. The molecule has 3 heterocycles. The lowest BCUT2D eigenvalue weighted by Crippen LogP contribution is -2.56. The van der Waals surface area contributed by atoms with E-state index in [1.165, 1.54) is 0 Å². The first-order valence-electron chi connectivity index (χ1n) is 15.8. The number of rotatable bonds is 16. The number of ether oxygens (including phenoxy) is 2. The molecule has 1 aromatic rings. The molecule has 3 amide bonds. The number of fused-ring (bicyclic) bond motifs is 1. The molecule has 2 bridgehead atoms. The van der Waals surface area contributed by atoms with Crippen molar-refractivity contribution < 1.29 is 33.8 Å². The van der Waals surface area contributed by atoms with Gasteiger partial charge in [0.25, 0.3) is 5.91 Å². The van der Waals surface area contributed by atoms with Crippen molar-refractivity contribution in [1.29, 1.82) is 0 Å². The van der Waals surface area contributed by atoms with Gasteiger partial charge < -0.3 is 29.7 Å². The number of esters is 1. The van der Waals surface area contributed by atoms with E-state index in [9.17, 15) is 24.3 Å². The number of unbranched alkanes of at least 4 members (excludes halogenated alkanes) is 2. The van der Waals surface area contributed by atoms with Gasteiger partial charge >= 0.3 is 5.97 Å². The Morgan fingerprint density at radius 3 is 2.59 bits per heavy atom. The van der Waals surface area contributed by atoms with Gasteiger partial charge in [0, 0.05) is 31.8 Å². The van der Waals surface area contributed by atoms with Crippen LogP contribution in [0, 0.1) is 25.7 Å². The maximum Gasteiger partial charge on any atom is 0.312 e. The van der Waals surface area contributed by atoms with Crippen LogP contribution in [0.1, 0.15) is 63.0 Å². The molecule has 3 aliphatic rings. The number of carbonyl (C=O) groups is 4. The van der Waals surface area contributed by atoms with Crippen LogP contribution < -0.4 is 10.2 Å². The van der Waals surface area contributed by atoms with Gasteiger partial charge in [-0.1, -0.05) is 30.4 Å². The normalized spacial score (nSPS) is 25.8. The number of para-hydroxylation sites is 1. The number of anilines is 1. The van der Waals surface area contributed by atoms with Crippen molar-refractivity contribution in [3.8, 4) is 0 Å². The molecule has 2 N–H and O–H groups in total. The molecule has 1 spiro atoms. The van der Waals surface area contributed by atoms with Crippen LogP contribution in [0.3, 0.4) is 0 Å². The number of allylic oxidation sites excluding steroid dienone is 1.